The van der Waals surface area contributed by atoms with E-state index in [9.17, 15) is 13.2 Å². The first kappa shape index (κ1) is 29.7. The first-order valence-electron chi connectivity index (χ1n) is 15.0. The number of aromatic amines is 1. The minimum atomic E-state index is -3.99. The Bertz CT molecular complexity index is 1820. The van der Waals surface area contributed by atoms with Crippen LogP contribution in [0.4, 0.5) is 5.82 Å². The van der Waals surface area contributed by atoms with E-state index in [0.717, 1.165) is 31.5 Å². The SMILES string of the molecule is Cc1cccc(S(=O)(=O)c2nc3[nH]ccc3nc2NCC(=O)C2CC(N(Cc3ccccc3)Cc3ccccc3)CC2C)c1. The van der Waals surface area contributed by atoms with Crippen molar-refractivity contribution in [3.8, 4) is 0 Å². The number of anilines is 1. The molecule has 2 N–H and O–H groups in total. The fraction of sp³-hybridized carbons (Fsp3) is 0.286. The van der Waals surface area contributed by atoms with Crippen LogP contribution in [0.25, 0.3) is 11.2 Å². The Morgan fingerprint density at radius 3 is 2.25 bits per heavy atom. The van der Waals surface area contributed by atoms with Gasteiger partial charge in [-0.05, 0) is 60.6 Å². The summed E-state index contributed by atoms with van der Waals surface area (Å²) < 4.78 is 27.4. The van der Waals surface area contributed by atoms with E-state index in [1.165, 1.54) is 11.1 Å². The van der Waals surface area contributed by atoms with E-state index in [1.54, 1.807) is 30.5 Å². The maximum Gasteiger partial charge on any atom is 0.227 e. The molecule has 6 rings (SSSR count). The van der Waals surface area contributed by atoms with Gasteiger partial charge in [0.05, 0.1) is 11.4 Å². The maximum atomic E-state index is 13.7. The van der Waals surface area contributed by atoms with E-state index >= 15 is 0 Å². The Balaban J connectivity index is 1.21. The van der Waals surface area contributed by atoms with Crippen molar-refractivity contribution in [1.82, 2.24) is 19.9 Å². The highest BCUT2D eigenvalue weighted by Crippen LogP contribution is 2.37. The van der Waals surface area contributed by atoms with Crippen LogP contribution in [0, 0.1) is 18.8 Å². The molecule has 0 saturated heterocycles. The average Bonchev–Trinajstić information content (AvgIpc) is 3.66. The second-order valence-electron chi connectivity index (χ2n) is 11.8. The standard InChI is InChI=1S/C35H37N5O3S/c1-24-10-9-15-29(18-24)44(42,43)35-34(38-31-16-17-36-33(31)39-35)37-21-32(41)30-20-28(19-25(30)2)40(22-26-11-5-3-6-12-26)23-27-13-7-4-8-14-27/h3-18,25,28,30H,19-23H2,1-2H3,(H,36,39)(H,37,38). The van der Waals surface area contributed by atoms with Gasteiger partial charge in [0, 0.05) is 31.2 Å². The Morgan fingerprint density at radius 1 is 0.909 bits per heavy atom. The molecular formula is C35H37N5O3S. The predicted octanol–water partition coefficient (Wildman–Crippen LogP) is 6.20. The molecule has 1 fully saturated rings. The Labute approximate surface area is 258 Å². The maximum absolute atomic E-state index is 13.7. The van der Waals surface area contributed by atoms with Crippen molar-refractivity contribution in [2.75, 3.05) is 11.9 Å². The number of ketones is 1. The van der Waals surface area contributed by atoms with Gasteiger partial charge in [-0.3, -0.25) is 9.69 Å². The highest BCUT2D eigenvalue weighted by Gasteiger charge is 2.38. The number of carbonyl (C=O) groups excluding carboxylic acids is 1. The average molecular weight is 608 g/mol. The third-order valence-electron chi connectivity index (χ3n) is 8.58. The third kappa shape index (κ3) is 6.44. The molecule has 2 aromatic heterocycles. The molecule has 5 aromatic rings. The number of H-pyrrole nitrogens is 1. The zero-order valence-corrected chi connectivity index (χ0v) is 25.8. The summed E-state index contributed by atoms with van der Waals surface area (Å²) in [5.74, 6) is 0.178. The minimum absolute atomic E-state index is 0.0277. The van der Waals surface area contributed by atoms with Crippen molar-refractivity contribution in [3.05, 3.63) is 114 Å². The van der Waals surface area contributed by atoms with Gasteiger partial charge >= 0.3 is 0 Å². The van der Waals surface area contributed by atoms with Gasteiger partial charge in [0.1, 0.15) is 5.52 Å². The van der Waals surface area contributed by atoms with Gasteiger partial charge in [-0.25, -0.2) is 18.4 Å². The fourth-order valence-corrected chi connectivity index (χ4v) is 7.67. The van der Waals surface area contributed by atoms with Crippen molar-refractivity contribution >= 4 is 32.6 Å². The van der Waals surface area contributed by atoms with Gasteiger partial charge < -0.3 is 10.3 Å². The molecule has 1 aliphatic rings. The van der Waals surface area contributed by atoms with Crippen molar-refractivity contribution < 1.29 is 13.2 Å². The molecule has 3 atom stereocenters. The van der Waals surface area contributed by atoms with Crippen LogP contribution in [-0.4, -0.2) is 46.6 Å². The predicted molar refractivity (Wildman–Crippen MR) is 172 cm³/mol. The van der Waals surface area contributed by atoms with Crippen LogP contribution in [0.1, 0.15) is 36.5 Å². The Kier molecular flexibility index (Phi) is 8.59. The summed E-state index contributed by atoms with van der Waals surface area (Å²) in [6.45, 7) is 5.57. The summed E-state index contributed by atoms with van der Waals surface area (Å²) >= 11 is 0. The number of nitrogens with one attached hydrogen (secondary N) is 2. The van der Waals surface area contributed by atoms with E-state index < -0.39 is 9.84 Å². The van der Waals surface area contributed by atoms with Crippen LogP contribution in [0.5, 0.6) is 0 Å². The zero-order valence-electron chi connectivity index (χ0n) is 25.0. The number of nitrogens with zero attached hydrogens (tertiary/aromatic N) is 3. The summed E-state index contributed by atoms with van der Waals surface area (Å²) in [5.41, 5.74) is 4.21. The molecule has 9 heteroatoms. The van der Waals surface area contributed by atoms with Crippen LogP contribution < -0.4 is 5.32 Å². The number of fused-ring (bicyclic) bond motifs is 1. The number of aromatic nitrogens is 3. The summed E-state index contributed by atoms with van der Waals surface area (Å²) in [4.78, 5) is 28.3. The molecule has 3 unspecified atom stereocenters. The van der Waals surface area contributed by atoms with Crippen LogP contribution in [0.2, 0.25) is 0 Å². The van der Waals surface area contributed by atoms with Gasteiger partial charge in [0.25, 0.3) is 0 Å². The van der Waals surface area contributed by atoms with Crippen molar-refractivity contribution in [2.24, 2.45) is 11.8 Å². The van der Waals surface area contributed by atoms with E-state index in [-0.39, 0.29) is 45.9 Å². The van der Waals surface area contributed by atoms with Crippen molar-refractivity contribution in [2.45, 2.75) is 55.7 Å². The molecule has 1 saturated carbocycles. The normalized spacial score (nSPS) is 18.6. The number of Topliss-reactive ketones (excluding diaryl/α,β-unsaturated/α-hetero) is 1. The molecule has 0 radical (unpaired) electrons. The van der Waals surface area contributed by atoms with Gasteiger partial charge in [-0.2, -0.15) is 0 Å². The highest BCUT2D eigenvalue weighted by molar-refractivity contribution is 7.91. The van der Waals surface area contributed by atoms with Crippen LogP contribution in [-0.2, 0) is 27.7 Å². The summed E-state index contributed by atoms with van der Waals surface area (Å²) in [5, 5.41) is 2.88. The lowest BCUT2D eigenvalue weighted by atomic mass is 9.93. The molecule has 0 amide bonds. The second kappa shape index (κ2) is 12.7. The first-order chi connectivity index (χ1) is 21.3. The number of benzene rings is 3. The lowest BCUT2D eigenvalue weighted by Gasteiger charge is -2.29. The summed E-state index contributed by atoms with van der Waals surface area (Å²) in [7, 11) is -3.99. The van der Waals surface area contributed by atoms with E-state index in [4.69, 9.17) is 0 Å². The molecule has 0 bridgehead atoms. The van der Waals surface area contributed by atoms with E-state index in [2.05, 4.69) is 80.6 Å². The van der Waals surface area contributed by atoms with E-state index in [0.29, 0.717) is 11.2 Å². The topological polar surface area (TPSA) is 108 Å². The molecule has 1 aliphatic carbocycles. The van der Waals surface area contributed by atoms with Gasteiger partial charge in [-0.15, -0.1) is 0 Å². The zero-order chi connectivity index (χ0) is 30.7. The number of carbonyl (C=O) groups is 1. The molecule has 3 aromatic carbocycles. The third-order valence-corrected chi connectivity index (χ3v) is 10.2. The quantitative estimate of drug-likeness (QED) is 0.184. The fourth-order valence-electron chi connectivity index (χ4n) is 6.27. The molecule has 8 nitrogen and oxygen atoms in total. The lowest BCUT2D eigenvalue weighted by Crippen LogP contribution is -2.33. The van der Waals surface area contributed by atoms with E-state index in [1.807, 2.05) is 25.1 Å². The molecule has 44 heavy (non-hydrogen) atoms. The second-order valence-corrected chi connectivity index (χ2v) is 13.7. The lowest BCUT2D eigenvalue weighted by molar-refractivity contribution is -0.122. The molecule has 2 heterocycles. The molecule has 226 valence electrons. The van der Waals surface area contributed by atoms with Crippen LogP contribution in [0.15, 0.2) is 107 Å². The van der Waals surface area contributed by atoms with Gasteiger partial charge in [-0.1, -0.05) is 79.7 Å². The first-order valence-corrected chi connectivity index (χ1v) is 16.5. The minimum Gasteiger partial charge on any atom is -0.361 e. The van der Waals surface area contributed by atoms with Crippen molar-refractivity contribution in [3.63, 3.8) is 0 Å². The van der Waals surface area contributed by atoms with Crippen LogP contribution in [0.3, 0.4) is 0 Å². The Morgan fingerprint density at radius 2 is 1.59 bits per heavy atom. The van der Waals surface area contributed by atoms with Gasteiger partial charge in [0.2, 0.25) is 14.9 Å². The Hall–Kier alpha value is -4.34. The number of hydrogen-bond acceptors (Lipinski definition) is 7. The monoisotopic (exact) mass is 607 g/mol. The number of hydrogen-bond donors (Lipinski definition) is 2. The number of aryl methyl sites for hydroxylation is 1. The van der Waals surface area contributed by atoms with Crippen LogP contribution >= 0.6 is 0 Å². The summed E-state index contributed by atoms with van der Waals surface area (Å²) in [6.07, 6.45) is 3.33. The molecular weight excluding hydrogens is 570 g/mol. The molecule has 0 aliphatic heterocycles. The van der Waals surface area contributed by atoms with Crippen molar-refractivity contribution in [1.29, 1.82) is 0 Å². The highest BCUT2D eigenvalue weighted by atomic mass is 32.2. The van der Waals surface area contributed by atoms with Gasteiger partial charge in [0.15, 0.2) is 17.2 Å². The number of rotatable bonds is 11. The summed E-state index contributed by atoms with van der Waals surface area (Å²) in [6, 6.07) is 29.6. The largest absolute Gasteiger partial charge is 0.361 e. The smallest absolute Gasteiger partial charge is 0.227 e. The number of sulfone groups is 1. The molecule has 0 spiro atoms.